The minimum Gasteiger partial charge on any atom is -0.453 e. The highest BCUT2D eigenvalue weighted by molar-refractivity contribution is 6.02. The molecule has 9 nitrogen and oxygen atoms in total. The molecule has 0 amide bonds. The van der Waals surface area contributed by atoms with E-state index in [1.54, 1.807) is 0 Å². The lowest BCUT2D eigenvalue weighted by atomic mass is 9.70. The zero-order chi connectivity index (χ0) is 45.9. The molecule has 2 rings (SSSR count). The molecule has 0 fully saturated rings. The fourth-order valence-corrected chi connectivity index (χ4v) is 7.57. The van der Waals surface area contributed by atoms with Gasteiger partial charge in [0.1, 0.15) is 12.1 Å². The summed E-state index contributed by atoms with van der Waals surface area (Å²) in [5.41, 5.74) is 23.3. The topological polar surface area (TPSA) is 165 Å². The first-order valence-corrected chi connectivity index (χ1v) is 22.2. The number of hydrogen-bond donors (Lipinski definition) is 3. The average molecular weight is 840 g/mol. The molecular weight excluding hydrogens is 763 g/mol. The first kappa shape index (κ1) is 52.7. The second-order valence-electron chi connectivity index (χ2n) is 18.3. The standard InChI is InChI=1S/C52H77N3O6/c1-12-13-26-43(54)49(58)60-45-33-51(8,9)41(39(6)47(45)56)30-28-37(4)24-18-22-35(2)20-14-15-21-36(3)23-19-25-38(5)29-31-42-40(7)48(57)46(34-52(42,10)11)61-50(59)44(55)27-16-17-32-53/h14-15,18-24,28-31,38,43-46H,12-13,16-17,25-27,32-34,53-55H2,1-11H3/b15-14+,22-18+,23-19+,30-28+,31-29+,35-20+,36-21+,37-24+. The summed E-state index contributed by atoms with van der Waals surface area (Å²) in [5.74, 6) is -1.09. The Morgan fingerprint density at radius 3 is 1.67 bits per heavy atom. The van der Waals surface area contributed by atoms with Gasteiger partial charge in [-0.3, -0.25) is 19.2 Å². The lowest BCUT2D eigenvalue weighted by Crippen LogP contribution is -2.42. The molecule has 0 aromatic rings. The molecule has 0 radical (unpaired) electrons. The minimum absolute atomic E-state index is 0.158. The van der Waals surface area contributed by atoms with Crippen molar-refractivity contribution in [3.05, 3.63) is 118 Å². The molecule has 0 heterocycles. The summed E-state index contributed by atoms with van der Waals surface area (Å²) < 4.78 is 11.2. The van der Waals surface area contributed by atoms with Gasteiger partial charge in [0.2, 0.25) is 0 Å². The molecule has 61 heavy (non-hydrogen) atoms. The summed E-state index contributed by atoms with van der Waals surface area (Å²) in [4.78, 5) is 51.5. The number of allylic oxidation sites excluding steroid dienone is 18. The number of rotatable bonds is 22. The highest BCUT2D eigenvalue weighted by atomic mass is 16.6. The molecule has 9 heteroatoms. The Labute approximate surface area is 367 Å². The van der Waals surface area contributed by atoms with Crippen LogP contribution in [0.1, 0.15) is 134 Å². The smallest absolute Gasteiger partial charge is 0.323 e. The van der Waals surface area contributed by atoms with Crippen LogP contribution in [0.25, 0.3) is 0 Å². The Balaban J connectivity index is 1.93. The molecule has 5 atom stereocenters. The van der Waals surface area contributed by atoms with Crippen LogP contribution in [0.3, 0.4) is 0 Å². The lowest BCUT2D eigenvalue weighted by Gasteiger charge is -2.36. The van der Waals surface area contributed by atoms with Gasteiger partial charge in [-0.1, -0.05) is 157 Å². The normalized spacial score (nSPS) is 22.1. The van der Waals surface area contributed by atoms with E-state index in [0.717, 1.165) is 60.0 Å². The zero-order valence-electron chi connectivity index (χ0n) is 39.1. The van der Waals surface area contributed by atoms with Crippen molar-refractivity contribution in [1.82, 2.24) is 0 Å². The molecule has 0 spiro atoms. The van der Waals surface area contributed by atoms with Crippen molar-refractivity contribution in [3.8, 4) is 0 Å². The third kappa shape index (κ3) is 17.5. The van der Waals surface area contributed by atoms with Crippen LogP contribution in [0.2, 0.25) is 0 Å². The second kappa shape index (κ2) is 25.5. The first-order chi connectivity index (χ1) is 28.6. The number of nitrogens with two attached hydrogens (primary N) is 3. The van der Waals surface area contributed by atoms with E-state index >= 15 is 0 Å². The maximum atomic E-state index is 13.2. The Morgan fingerprint density at radius 2 is 1.16 bits per heavy atom. The van der Waals surface area contributed by atoms with Gasteiger partial charge in [0, 0.05) is 12.8 Å². The molecule has 0 aromatic carbocycles. The van der Waals surface area contributed by atoms with Gasteiger partial charge < -0.3 is 26.7 Å². The van der Waals surface area contributed by atoms with E-state index in [0.29, 0.717) is 43.4 Å². The van der Waals surface area contributed by atoms with E-state index in [1.807, 2.05) is 77.2 Å². The van der Waals surface area contributed by atoms with E-state index in [-0.39, 0.29) is 28.3 Å². The van der Waals surface area contributed by atoms with E-state index in [4.69, 9.17) is 26.7 Å². The Morgan fingerprint density at radius 1 is 0.705 bits per heavy atom. The van der Waals surface area contributed by atoms with Crippen LogP contribution in [-0.2, 0) is 28.7 Å². The summed E-state index contributed by atoms with van der Waals surface area (Å²) in [6.45, 7) is 22.8. The number of ketones is 2. The molecule has 0 aromatic heterocycles. The number of carbonyl (C=O) groups excluding carboxylic acids is 4. The summed E-state index contributed by atoms with van der Waals surface area (Å²) >= 11 is 0. The van der Waals surface area contributed by atoms with Crippen LogP contribution in [0.5, 0.6) is 0 Å². The third-order valence-electron chi connectivity index (χ3n) is 11.5. The van der Waals surface area contributed by atoms with Crippen molar-refractivity contribution in [1.29, 1.82) is 0 Å². The molecular formula is C52H77N3O6. The Hall–Kier alpha value is -4.44. The lowest BCUT2D eigenvalue weighted by molar-refractivity contribution is -0.157. The predicted molar refractivity (Wildman–Crippen MR) is 251 cm³/mol. The average Bonchev–Trinajstić information content (AvgIpc) is 3.19. The molecule has 0 bridgehead atoms. The summed E-state index contributed by atoms with van der Waals surface area (Å²) in [7, 11) is 0. The van der Waals surface area contributed by atoms with Gasteiger partial charge in [-0.15, -0.1) is 0 Å². The van der Waals surface area contributed by atoms with E-state index in [2.05, 4.69) is 78.0 Å². The molecule has 2 aliphatic rings. The second-order valence-corrected chi connectivity index (χ2v) is 18.3. The maximum absolute atomic E-state index is 13.2. The van der Waals surface area contributed by atoms with Crippen molar-refractivity contribution in [2.24, 2.45) is 33.9 Å². The first-order valence-electron chi connectivity index (χ1n) is 22.2. The van der Waals surface area contributed by atoms with E-state index < -0.39 is 36.2 Å². The summed E-state index contributed by atoms with van der Waals surface area (Å²) in [6.07, 6.45) is 31.2. The van der Waals surface area contributed by atoms with Crippen LogP contribution >= 0.6 is 0 Å². The summed E-state index contributed by atoms with van der Waals surface area (Å²) in [5, 5.41) is 0. The van der Waals surface area contributed by atoms with Gasteiger partial charge in [0.15, 0.2) is 23.8 Å². The van der Waals surface area contributed by atoms with Crippen LogP contribution in [-0.4, -0.2) is 54.3 Å². The Kier molecular flexibility index (Phi) is 22.0. The predicted octanol–water partition coefficient (Wildman–Crippen LogP) is 10.1. The van der Waals surface area contributed by atoms with Crippen molar-refractivity contribution in [2.75, 3.05) is 6.54 Å². The fourth-order valence-electron chi connectivity index (χ4n) is 7.57. The molecule has 0 saturated carbocycles. The fraction of sp³-hybridized carbons (Fsp3) is 0.538. The van der Waals surface area contributed by atoms with Gasteiger partial charge >= 0.3 is 11.9 Å². The van der Waals surface area contributed by atoms with Crippen molar-refractivity contribution in [2.45, 2.75) is 158 Å². The maximum Gasteiger partial charge on any atom is 0.323 e. The van der Waals surface area contributed by atoms with Crippen molar-refractivity contribution < 1.29 is 28.7 Å². The minimum atomic E-state index is -0.823. The number of Topliss-reactive ketones (excluding diaryl/α,β-unsaturated/α-hetero) is 2. The van der Waals surface area contributed by atoms with E-state index in [9.17, 15) is 19.2 Å². The quantitative estimate of drug-likeness (QED) is 0.0547. The molecule has 2 aliphatic carbocycles. The van der Waals surface area contributed by atoms with Crippen molar-refractivity contribution >= 4 is 23.5 Å². The van der Waals surface area contributed by atoms with Crippen LogP contribution < -0.4 is 17.2 Å². The van der Waals surface area contributed by atoms with Crippen LogP contribution in [0.4, 0.5) is 0 Å². The molecule has 6 N–H and O–H groups in total. The number of unbranched alkanes of at least 4 members (excludes halogenated alkanes) is 2. The number of carbonyl (C=O) groups is 4. The molecule has 5 unspecified atom stereocenters. The van der Waals surface area contributed by atoms with E-state index in [1.165, 1.54) is 0 Å². The van der Waals surface area contributed by atoms with Gasteiger partial charge in [0.05, 0.1) is 0 Å². The molecule has 0 aliphatic heterocycles. The molecule has 336 valence electrons. The monoisotopic (exact) mass is 840 g/mol. The van der Waals surface area contributed by atoms with Crippen LogP contribution in [0, 0.1) is 16.7 Å². The van der Waals surface area contributed by atoms with Gasteiger partial charge in [-0.05, 0) is 106 Å². The SMILES string of the molecule is CCCCC(N)C(=O)OC1CC(C)(C)C(/C=C/C(C)=C/C=C/C(C)=C/C=C/C=C(C)/C=C/CC(C)/C=C/C2=C(C)C(=O)C(OC(=O)C(N)CCCCN)CC2(C)C)=C(C)C1=O. The van der Waals surface area contributed by atoms with Gasteiger partial charge in [-0.25, -0.2) is 0 Å². The van der Waals surface area contributed by atoms with Crippen molar-refractivity contribution in [3.63, 3.8) is 0 Å². The van der Waals surface area contributed by atoms with Gasteiger partial charge in [-0.2, -0.15) is 0 Å². The zero-order valence-corrected chi connectivity index (χ0v) is 39.1. The number of esters is 2. The Bertz CT molecular complexity index is 1860. The summed E-state index contributed by atoms with van der Waals surface area (Å²) in [6, 6.07) is -1.46. The van der Waals surface area contributed by atoms with Crippen LogP contribution in [0.15, 0.2) is 118 Å². The number of ether oxygens (including phenoxy) is 2. The van der Waals surface area contributed by atoms with Gasteiger partial charge in [0.25, 0.3) is 0 Å². The third-order valence-corrected chi connectivity index (χ3v) is 11.5. The highest BCUT2D eigenvalue weighted by Gasteiger charge is 2.41. The largest absolute Gasteiger partial charge is 0.453 e. The highest BCUT2D eigenvalue weighted by Crippen LogP contribution is 2.42. The molecule has 0 saturated heterocycles. The number of hydrogen-bond acceptors (Lipinski definition) is 9.